The second-order valence-corrected chi connectivity index (χ2v) is 7.00. The SMILES string of the molecule is O=S(=O)(NC1/C=C\C(Cl)CCCC1)c1ccccc1. The van der Waals surface area contributed by atoms with Crippen LogP contribution in [0.1, 0.15) is 25.7 Å². The first-order valence-corrected chi connectivity index (χ1v) is 8.40. The Labute approximate surface area is 119 Å². The minimum atomic E-state index is -3.45. The van der Waals surface area contributed by atoms with Gasteiger partial charge in [-0.3, -0.25) is 0 Å². The normalized spacial score (nSPS) is 26.4. The molecule has 2 rings (SSSR count). The Hall–Kier alpha value is -0.840. The molecule has 0 fully saturated rings. The van der Waals surface area contributed by atoms with Gasteiger partial charge in [0.2, 0.25) is 10.0 Å². The predicted molar refractivity (Wildman–Crippen MR) is 77.8 cm³/mol. The van der Waals surface area contributed by atoms with E-state index in [9.17, 15) is 8.42 Å². The lowest BCUT2D eigenvalue weighted by Gasteiger charge is -2.18. The summed E-state index contributed by atoms with van der Waals surface area (Å²) in [5, 5.41) is 0.00373. The number of hydrogen-bond acceptors (Lipinski definition) is 2. The third kappa shape index (κ3) is 4.34. The Balaban J connectivity index is 2.11. The summed E-state index contributed by atoms with van der Waals surface area (Å²) in [6, 6.07) is 8.26. The molecule has 1 aliphatic rings. The molecule has 0 radical (unpaired) electrons. The Morgan fingerprint density at radius 2 is 1.74 bits per heavy atom. The quantitative estimate of drug-likeness (QED) is 0.689. The fourth-order valence-electron chi connectivity index (χ4n) is 2.12. The molecule has 0 amide bonds. The van der Waals surface area contributed by atoms with Crippen LogP contribution >= 0.6 is 11.6 Å². The Morgan fingerprint density at radius 3 is 2.47 bits per heavy atom. The number of benzene rings is 1. The van der Waals surface area contributed by atoms with Crippen molar-refractivity contribution >= 4 is 21.6 Å². The number of alkyl halides is 1. The van der Waals surface area contributed by atoms with Crippen LogP contribution in [-0.2, 0) is 10.0 Å². The van der Waals surface area contributed by atoms with Gasteiger partial charge < -0.3 is 0 Å². The molecule has 2 atom stereocenters. The van der Waals surface area contributed by atoms with Crippen molar-refractivity contribution in [3.8, 4) is 0 Å². The van der Waals surface area contributed by atoms with Gasteiger partial charge in [0, 0.05) is 6.04 Å². The zero-order chi connectivity index (χ0) is 13.7. The first kappa shape index (κ1) is 14.6. The average molecular weight is 300 g/mol. The van der Waals surface area contributed by atoms with E-state index >= 15 is 0 Å². The van der Waals surface area contributed by atoms with Crippen LogP contribution in [0.5, 0.6) is 0 Å². The molecule has 0 saturated carbocycles. The molecule has 0 spiro atoms. The first-order valence-electron chi connectivity index (χ1n) is 6.48. The van der Waals surface area contributed by atoms with Crippen molar-refractivity contribution in [3.05, 3.63) is 42.5 Å². The van der Waals surface area contributed by atoms with E-state index in [2.05, 4.69) is 4.72 Å². The van der Waals surface area contributed by atoms with Crippen LogP contribution in [-0.4, -0.2) is 19.8 Å². The monoisotopic (exact) mass is 299 g/mol. The van der Waals surface area contributed by atoms with Crippen molar-refractivity contribution in [2.45, 2.75) is 42.0 Å². The van der Waals surface area contributed by atoms with E-state index in [1.54, 1.807) is 30.3 Å². The van der Waals surface area contributed by atoms with E-state index in [4.69, 9.17) is 11.6 Å². The molecule has 2 unspecified atom stereocenters. The average Bonchev–Trinajstić information content (AvgIpc) is 2.39. The third-order valence-electron chi connectivity index (χ3n) is 3.16. The Bertz CT molecular complexity index is 528. The second kappa shape index (κ2) is 6.55. The highest BCUT2D eigenvalue weighted by Gasteiger charge is 2.19. The number of allylic oxidation sites excluding steroid dienone is 1. The zero-order valence-electron chi connectivity index (χ0n) is 10.6. The highest BCUT2D eigenvalue weighted by atomic mass is 35.5. The highest BCUT2D eigenvalue weighted by molar-refractivity contribution is 7.89. The van der Waals surface area contributed by atoms with Crippen LogP contribution in [0.3, 0.4) is 0 Å². The van der Waals surface area contributed by atoms with Gasteiger partial charge in [-0.1, -0.05) is 43.2 Å². The molecule has 1 aromatic rings. The summed E-state index contributed by atoms with van der Waals surface area (Å²) < 4.78 is 27.1. The smallest absolute Gasteiger partial charge is 0.207 e. The highest BCUT2D eigenvalue weighted by Crippen LogP contribution is 2.18. The first-order chi connectivity index (χ1) is 9.08. The van der Waals surface area contributed by atoms with Gasteiger partial charge in [0.15, 0.2) is 0 Å². The van der Waals surface area contributed by atoms with Crippen LogP contribution in [0.2, 0.25) is 0 Å². The summed E-state index contributed by atoms with van der Waals surface area (Å²) in [5.41, 5.74) is 0. The fraction of sp³-hybridized carbons (Fsp3) is 0.429. The van der Waals surface area contributed by atoms with Crippen molar-refractivity contribution in [3.63, 3.8) is 0 Å². The van der Waals surface area contributed by atoms with Crippen LogP contribution in [0.4, 0.5) is 0 Å². The lowest BCUT2D eigenvalue weighted by atomic mass is 10.0. The molecule has 0 aromatic heterocycles. The van der Waals surface area contributed by atoms with E-state index in [-0.39, 0.29) is 11.4 Å². The summed E-state index contributed by atoms with van der Waals surface area (Å²) in [5.74, 6) is 0. The van der Waals surface area contributed by atoms with Crippen LogP contribution < -0.4 is 4.72 Å². The molecule has 104 valence electrons. The van der Waals surface area contributed by atoms with Crippen LogP contribution in [0, 0.1) is 0 Å². The van der Waals surface area contributed by atoms with Gasteiger partial charge >= 0.3 is 0 Å². The molecular weight excluding hydrogens is 282 g/mol. The van der Waals surface area contributed by atoms with Gasteiger partial charge in [-0.05, 0) is 25.0 Å². The van der Waals surface area contributed by atoms with Crippen LogP contribution in [0.25, 0.3) is 0 Å². The molecule has 0 heterocycles. The third-order valence-corrected chi connectivity index (χ3v) is 5.03. The molecule has 1 aromatic carbocycles. The summed E-state index contributed by atoms with van der Waals surface area (Å²) in [6.07, 6.45) is 7.54. The van der Waals surface area contributed by atoms with Gasteiger partial charge in [0.1, 0.15) is 0 Å². The maximum Gasteiger partial charge on any atom is 0.241 e. The minimum Gasteiger partial charge on any atom is -0.207 e. The maximum absolute atomic E-state index is 12.2. The van der Waals surface area contributed by atoms with E-state index in [0.717, 1.165) is 25.7 Å². The zero-order valence-corrected chi connectivity index (χ0v) is 12.2. The standard InChI is InChI=1S/C14H18ClNO2S/c15-12-6-4-5-7-13(11-10-12)16-19(17,18)14-8-2-1-3-9-14/h1-3,8-13,16H,4-7H2/b11-10-. The second-order valence-electron chi connectivity index (χ2n) is 4.73. The van der Waals surface area contributed by atoms with E-state index in [1.807, 2.05) is 12.2 Å². The predicted octanol–water partition coefficient (Wildman–Crippen LogP) is 3.07. The van der Waals surface area contributed by atoms with Crippen molar-refractivity contribution in [2.75, 3.05) is 0 Å². The summed E-state index contributed by atoms with van der Waals surface area (Å²) in [7, 11) is -3.45. The molecule has 5 heteroatoms. The molecule has 19 heavy (non-hydrogen) atoms. The van der Waals surface area contributed by atoms with Crippen molar-refractivity contribution < 1.29 is 8.42 Å². The lowest BCUT2D eigenvalue weighted by molar-refractivity contribution is 0.538. The number of nitrogens with one attached hydrogen (secondary N) is 1. The van der Waals surface area contributed by atoms with E-state index < -0.39 is 10.0 Å². The fourth-order valence-corrected chi connectivity index (χ4v) is 3.60. The molecule has 0 bridgehead atoms. The summed E-state index contributed by atoms with van der Waals surface area (Å²) in [4.78, 5) is 0.299. The van der Waals surface area contributed by atoms with Gasteiger partial charge in [0.25, 0.3) is 0 Å². The van der Waals surface area contributed by atoms with Crippen molar-refractivity contribution in [1.29, 1.82) is 0 Å². The van der Waals surface area contributed by atoms with Gasteiger partial charge in [-0.2, -0.15) is 0 Å². The minimum absolute atomic E-state index is 0.00373. The number of sulfonamides is 1. The largest absolute Gasteiger partial charge is 0.241 e. The number of rotatable bonds is 3. The number of hydrogen-bond donors (Lipinski definition) is 1. The molecular formula is C14H18ClNO2S. The lowest BCUT2D eigenvalue weighted by Crippen LogP contribution is -2.34. The van der Waals surface area contributed by atoms with Gasteiger partial charge in [-0.15, -0.1) is 11.6 Å². The van der Waals surface area contributed by atoms with E-state index in [1.165, 1.54) is 0 Å². The molecule has 1 N–H and O–H groups in total. The Morgan fingerprint density at radius 1 is 1.05 bits per heavy atom. The molecule has 0 aliphatic heterocycles. The maximum atomic E-state index is 12.2. The topological polar surface area (TPSA) is 46.2 Å². The molecule has 0 saturated heterocycles. The summed E-state index contributed by atoms with van der Waals surface area (Å²) >= 11 is 6.08. The Kier molecular flexibility index (Phi) is 5.02. The van der Waals surface area contributed by atoms with Gasteiger partial charge in [0.05, 0.1) is 10.3 Å². The van der Waals surface area contributed by atoms with Crippen LogP contribution in [0.15, 0.2) is 47.4 Å². The van der Waals surface area contributed by atoms with Crippen molar-refractivity contribution in [2.24, 2.45) is 0 Å². The molecule has 1 aliphatic carbocycles. The molecule has 3 nitrogen and oxygen atoms in total. The van der Waals surface area contributed by atoms with E-state index in [0.29, 0.717) is 4.90 Å². The summed E-state index contributed by atoms with van der Waals surface area (Å²) in [6.45, 7) is 0. The van der Waals surface area contributed by atoms with Gasteiger partial charge in [-0.25, -0.2) is 13.1 Å². The number of halogens is 1. The van der Waals surface area contributed by atoms with Crippen molar-refractivity contribution in [1.82, 2.24) is 4.72 Å².